The molecule has 0 N–H and O–H groups in total. The molecule has 0 atom stereocenters. The fourth-order valence-corrected chi connectivity index (χ4v) is 3.68. The molecule has 2 aliphatic heterocycles. The van der Waals surface area contributed by atoms with Crippen LogP contribution in [0.4, 0.5) is 0 Å². The quantitative estimate of drug-likeness (QED) is 0.666. The molecule has 0 radical (unpaired) electrons. The molecule has 0 spiro atoms. The third-order valence-corrected chi connectivity index (χ3v) is 5.75. The summed E-state index contributed by atoms with van der Waals surface area (Å²) in [6.45, 7) is 10.8. The van der Waals surface area contributed by atoms with Crippen molar-refractivity contribution in [2.75, 3.05) is 72.5 Å². The number of nitrogens with zero attached hydrogens (tertiary/aromatic N) is 4. The number of carbonyl (C=O) groups excluding carboxylic acids is 1. The van der Waals surface area contributed by atoms with Crippen LogP contribution in [0.5, 0.6) is 0 Å². The van der Waals surface area contributed by atoms with Crippen LogP contribution < -0.4 is 0 Å². The summed E-state index contributed by atoms with van der Waals surface area (Å²) in [5.41, 5.74) is 0. The average Bonchev–Trinajstić information content (AvgIpc) is 3.27. The largest absolute Gasteiger partial charge is 0.343 e. The second kappa shape index (κ2) is 8.45. The number of likely N-dealkylation sites (N-methyl/N-ethyl adjacent to an activating group) is 1. The van der Waals surface area contributed by atoms with E-state index in [0.717, 1.165) is 32.1 Å². The van der Waals surface area contributed by atoms with E-state index in [-0.39, 0.29) is 5.91 Å². The summed E-state index contributed by atoms with van der Waals surface area (Å²) in [5.74, 6) is 1.33. The Labute approximate surface area is 141 Å². The molecule has 0 aromatic carbocycles. The molecule has 0 unspecified atom stereocenters. The zero-order chi connectivity index (χ0) is 16.1. The van der Waals surface area contributed by atoms with Gasteiger partial charge in [-0.2, -0.15) is 0 Å². The van der Waals surface area contributed by atoms with Crippen LogP contribution in [0.25, 0.3) is 0 Å². The second-order valence-corrected chi connectivity index (χ2v) is 7.71. The maximum absolute atomic E-state index is 12.2. The summed E-state index contributed by atoms with van der Waals surface area (Å²) in [6, 6.07) is 0. The van der Waals surface area contributed by atoms with E-state index in [4.69, 9.17) is 0 Å². The highest BCUT2D eigenvalue weighted by molar-refractivity contribution is 5.78. The smallest absolute Gasteiger partial charge is 0.236 e. The van der Waals surface area contributed by atoms with E-state index < -0.39 is 0 Å². The van der Waals surface area contributed by atoms with Crippen molar-refractivity contribution >= 4 is 5.91 Å². The lowest BCUT2D eigenvalue weighted by molar-refractivity contribution is -0.131. The molecule has 0 aromatic rings. The van der Waals surface area contributed by atoms with Gasteiger partial charge in [0, 0.05) is 46.3 Å². The van der Waals surface area contributed by atoms with Crippen LogP contribution in [0, 0.1) is 5.92 Å². The lowest BCUT2D eigenvalue weighted by Crippen LogP contribution is -2.49. The number of piperazine rings is 1. The Morgan fingerprint density at radius 1 is 0.913 bits per heavy atom. The van der Waals surface area contributed by atoms with E-state index in [2.05, 4.69) is 14.7 Å². The van der Waals surface area contributed by atoms with E-state index in [9.17, 15) is 4.79 Å². The van der Waals surface area contributed by atoms with E-state index in [1.165, 1.54) is 64.8 Å². The number of rotatable bonds is 8. The number of likely N-dealkylation sites (tertiary alicyclic amines) is 1. The van der Waals surface area contributed by atoms with Gasteiger partial charge in [-0.1, -0.05) is 12.8 Å². The number of carbonyl (C=O) groups is 1. The highest BCUT2D eigenvalue weighted by Crippen LogP contribution is 2.32. The maximum Gasteiger partial charge on any atom is 0.236 e. The normalized spacial score (nSPS) is 24.2. The zero-order valence-electron chi connectivity index (χ0n) is 14.9. The Kier molecular flexibility index (Phi) is 6.31. The molecule has 2 heterocycles. The van der Waals surface area contributed by atoms with Gasteiger partial charge in [0.15, 0.2) is 0 Å². The molecule has 3 aliphatic rings. The van der Waals surface area contributed by atoms with Crippen LogP contribution >= 0.6 is 0 Å². The first kappa shape index (κ1) is 17.2. The molecule has 5 heteroatoms. The van der Waals surface area contributed by atoms with Crippen molar-refractivity contribution in [2.24, 2.45) is 5.92 Å². The van der Waals surface area contributed by atoms with Gasteiger partial charge in [-0.25, -0.2) is 0 Å². The van der Waals surface area contributed by atoms with Crippen molar-refractivity contribution in [3.05, 3.63) is 0 Å². The highest BCUT2D eigenvalue weighted by Gasteiger charge is 2.24. The Balaban J connectivity index is 1.27. The standard InChI is InChI=1S/C18H34N4O/c1-19(18(23)16-22-7-2-3-8-22)10-11-21-14-12-20(13-15-21)9-6-17-4-5-17/h17H,2-16H2,1H3. The van der Waals surface area contributed by atoms with Crippen LogP contribution in [0.15, 0.2) is 0 Å². The van der Waals surface area contributed by atoms with Crippen molar-refractivity contribution in [1.29, 1.82) is 0 Å². The molecule has 5 nitrogen and oxygen atoms in total. The van der Waals surface area contributed by atoms with Crippen LogP contribution in [-0.2, 0) is 4.79 Å². The van der Waals surface area contributed by atoms with Gasteiger partial charge in [0.25, 0.3) is 0 Å². The van der Waals surface area contributed by atoms with Gasteiger partial charge < -0.3 is 9.80 Å². The second-order valence-electron chi connectivity index (χ2n) is 7.71. The molecule has 0 aromatic heterocycles. The fraction of sp³-hybridized carbons (Fsp3) is 0.944. The lowest BCUT2D eigenvalue weighted by atomic mass is 10.2. The van der Waals surface area contributed by atoms with Crippen LogP contribution in [-0.4, -0.2) is 98.0 Å². The Morgan fingerprint density at radius 3 is 2.13 bits per heavy atom. The van der Waals surface area contributed by atoms with Crippen molar-refractivity contribution < 1.29 is 4.79 Å². The van der Waals surface area contributed by atoms with Crippen LogP contribution in [0.3, 0.4) is 0 Å². The van der Waals surface area contributed by atoms with E-state index in [1.54, 1.807) is 0 Å². The average molecular weight is 322 g/mol. The fourth-order valence-electron chi connectivity index (χ4n) is 3.68. The van der Waals surface area contributed by atoms with Gasteiger partial charge in [0.2, 0.25) is 5.91 Å². The zero-order valence-corrected chi connectivity index (χ0v) is 14.9. The predicted molar refractivity (Wildman–Crippen MR) is 93.5 cm³/mol. The van der Waals surface area contributed by atoms with Crippen molar-refractivity contribution in [3.63, 3.8) is 0 Å². The number of amides is 1. The number of hydrogen-bond donors (Lipinski definition) is 0. The molecule has 1 amide bonds. The highest BCUT2D eigenvalue weighted by atomic mass is 16.2. The molecule has 3 rings (SSSR count). The minimum atomic E-state index is 0.287. The minimum Gasteiger partial charge on any atom is -0.343 e. The Hall–Kier alpha value is -0.650. The molecular formula is C18H34N4O. The Bertz CT molecular complexity index is 371. The molecule has 0 bridgehead atoms. The summed E-state index contributed by atoms with van der Waals surface area (Å²) in [4.78, 5) is 21.6. The summed E-state index contributed by atoms with van der Waals surface area (Å²) in [5, 5.41) is 0. The van der Waals surface area contributed by atoms with Crippen molar-refractivity contribution in [1.82, 2.24) is 19.6 Å². The molecule has 3 fully saturated rings. The molecule has 1 aliphatic carbocycles. The lowest BCUT2D eigenvalue weighted by Gasteiger charge is -2.35. The third-order valence-electron chi connectivity index (χ3n) is 5.75. The van der Waals surface area contributed by atoms with E-state index >= 15 is 0 Å². The first-order chi connectivity index (χ1) is 11.2. The SMILES string of the molecule is CN(CCN1CCN(CCC2CC2)CC1)C(=O)CN1CCCC1. The van der Waals surface area contributed by atoms with Gasteiger partial charge in [-0.15, -0.1) is 0 Å². The first-order valence-corrected chi connectivity index (χ1v) is 9.62. The summed E-state index contributed by atoms with van der Waals surface area (Å²) in [6.07, 6.45) is 6.85. The molecule has 2 saturated heterocycles. The monoisotopic (exact) mass is 322 g/mol. The van der Waals surface area contributed by atoms with Gasteiger partial charge in [-0.3, -0.25) is 14.6 Å². The summed E-state index contributed by atoms with van der Waals surface area (Å²) >= 11 is 0. The summed E-state index contributed by atoms with van der Waals surface area (Å²) in [7, 11) is 1.96. The van der Waals surface area contributed by atoms with E-state index in [1.807, 2.05) is 11.9 Å². The van der Waals surface area contributed by atoms with Gasteiger partial charge in [0.1, 0.15) is 0 Å². The molecule has 1 saturated carbocycles. The summed E-state index contributed by atoms with van der Waals surface area (Å²) < 4.78 is 0. The van der Waals surface area contributed by atoms with Gasteiger partial charge in [-0.05, 0) is 44.8 Å². The predicted octanol–water partition coefficient (Wildman–Crippen LogP) is 0.958. The van der Waals surface area contributed by atoms with Crippen molar-refractivity contribution in [3.8, 4) is 0 Å². The molecule has 132 valence electrons. The molecule has 23 heavy (non-hydrogen) atoms. The van der Waals surface area contributed by atoms with Gasteiger partial charge in [0.05, 0.1) is 6.54 Å². The van der Waals surface area contributed by atoms with Crippen LogP contribution in [0.1, 0.15) is 32.1 Å². The maximum atomic E-state index is 12.2. The first-order valence-electron chi connectivity index (χ1n) is 9.62. The number of hydrogen-bond acceptors (Lipinski definition) is 4. The third kappa shape index (κ3) is 5.73. The topological polar surface area (TPSA) is 30.0 Å². The van der Waals surface area contributed by atoms with Crippen molar-refractivity contribution in [2.45, 2.75) is 32.1 Å². The Morgan fingerprint density at radius 2 is 1.52 bits per heavy atom. The minimum absolute atomic E-state index is 0.287. The molecular weight excluding hydrogens is 288 g/mol. The van der Waals surface area contributed by atoms with Gasteiger partial charge >= 0.3 is 0 Å². The van der Waals surface area contributed by atoms with Crippen LogP contribution in [0.2, 0.25) is 0 Å². The van der Waals surface area contributed by atoms with E-state index in [0.29, 0.717) is 6.54 Å².